The van der Waals surface area contributed by atoms with Gasteiger partial charge in [0, 0.05) is 25.6 Å². The summed E-state index contributed by atoms with van der Waals surface area (Å²) in [6, 6.07) is 7.68. The molecular weight excluding hydrogens is 244 g/mol. The van der Waals surface area contributed by atoms with Gasteiger partial charge < -0.3 is 9.47 Å². The van der Waals surface area contributed by atoms with E-state index in [0.29, 0.717) is 25.5 Å². The molecule has 0 aliphatic rings. The average molecular weight is 262 g/mol. The summed E-state index contributed by atoms with van der Waals surface area (Å²) in [5.41, 5.74) is 1.33. The quantitative estimate of drug-likeness (QED) is 0.592. The molecule has 0 aliphatic heterocycles. The van der Waals surface area contributed by atoms with Crippen LogP contribution in [0.3, 0.4) is 0 Å². The topological polar surface area (TPSA) is 53.3 Å². The molecule has 0 aliphatic carbocycles. The van der Waals surface area contributed by atoms with Gasteiger partial charge in [-0.05, 0) is 19.4 Å². The fourth-order valence-electron chi connectivity index (χ4n) is 2.01. The first-order valence-electron chi connectivity index (χ1n) is 6.39. The first-order chi connectivity index (χ1) is 9.27. The molecule has 0 N–H and O–H groups in total. The normalized spacial score (nSPS) is 10.8. The molecule has 0 saturated heterocycles. The second-order valence-corrected chi connectivity index (χ2v) is 4.16. The maximum absolute atomic E-state index is 11.9. The number of carbonyl (C=O) groups is 1. The summed E-state index contributed by atoms with van der Waals surface area (Å²) < 4.78 is 11.9. The molecule has 1 heterocycles. The van der Waals surface area contributed by atoms with Crippen LogP contribution in [-0.4, -0.2) is 36.1 Å². The van der Waals surface area contributed by atoms with Crippen molar-refractivity contribution in [1.82, 2.24) is 9.78 Å². The Morgan fingerprint density at radius 3 is 2.89 bits per heavy atom. The number of rotatable bonds is 6. The third-order valence-corrected chi connectivity index (χ3v) is 2.85. The van der Waals surface area contributed by atoms with Crippen LogP contribution in [-0.2, 0) is 16.0 Å². The molecule has 0 unspecified atom stereocenters. The fraction of sp³-hybridized carbons (Fsp3) is 0.429. The Hall–Kier alpha value is -1.88. The Labute approximate surface area is 112 Å². The van der Waals surface area contributed by atoms with Crippen LogP contribution in [0.5, 0.6) is 0 Å². The van der Waals surface area contributed by atoms with Crippen molar-refractivity contribution in [2.45, 2.75) is 19.9 Å². The van der Waals surface area contributed by atoms with Crippen molar-refractivity contribution >= 4 is 16.9 Å². The lowest BCUT2D eigenvalue weighted by Gasteiger charge is -2.02. The van der Waals surface area contributed by atoms with Crippen molar-refractivity contribution in [1.29, 1.82) is 0 Å². The molecule has 0 amide bonds. The van der Waals surface area contributed by atoms with E-state index in [9.17, 15) is 4.79 Å². The van der Waals surface area contributed by atoms with Gasteiger partial charge in [0.25, 0.3) is 0 Å². The molecule has 102 valence electrons. The van der Waals surface area contributed by atoms with Crippen molar-refractivity contribution < 1.29 is 14.3 Å². The van der Waals surface area contributed by atoms with Gasteiger partial charge in [0.05, 0.1) is 12.1 Å². The molecule has 0 spiro atoms. The number of aromatic nitrogens is 2. The largest absolute Gasteiger partial charge is 0.461 e. The lowest BCUT2D eigenvalue weighted by molar-refractivity contribution is 0.0520. The minimum atomic E-state index is -0.371. The minimum Gasteiger partial charge on any atom is -0.461 e. The number of methoxy groups -OCH3 is 1. The van der Waals surface area contributed by atoms with Gasteiger partial charge in [0.1, 0.15) is 0 Å². The van der Waals surface area contributed by atoms with Crippen LogP contribution in [0.1, 0.15) is 23.8 Å². The van der Waals surface area contributed by atoms with Crippen molar-refractivity contribution in [3.63, 3.8) is 0 Å². The second kappa shape index (κ2) is 6.33. The monoisotopic (exact) mass is 262 g/mol. The van der Waals surface area contributed by atoms with Crippen LogP contribution in [0.15, 0.2) is 24.3 Å². The molecule has 1 aromatic carbocycles. The molecular formula is C14H18N2O3. The molecule has 0 radical (unpaired) electrons. The maximum atomic E-state index is 11.9. The summed E-state index contributed by atoms with van der Waals surface area (Å²) in [6.07, 6.45) is 0.852. The van der Waals surface area contributed by atoms with Gasteiger partial charge in [-0.25, -0.2) is 4.79 Å². The number of nitrogens with zero attached hydrogens (tertiary/aromatic N) is 2. The molecule has 2 rings (SSSR count). The number of hydrogen-bond acceptors (Lipinski definition) is 4. The predicted molar refractivity (Wildman–Crippen MR) is 72.2 cm³/mol. The molecule has 5 nitrogen and oxygen atoms in total. The summed E-state index contributed by atoms with van der Waals surface area (Å²) >= 11 is 0. The van der Waals surface area contributed by atoms with Gasteiger partial charge in [0.2, 0.25) is 0 Å². The molecule has 5 heteroatoms. The number of aryl methyl sites for hydroxylation is 1. The van der Waals surface area contributed by atoms with Gasteiger partial charge >= 0.3 is 5.97 Å². The van der Waals surface area contributed by atoms with Gasteiger partial charge in [-0.15, -0.1) is 0 Å². The first-order valence-corrected chi connectivity index (χ1v) is 6.39. The van der Waals surface area contributed by atoms with Crippen LogP contribution < -0.4 is 0 Å². The smallest absolute Gasteiger partial charge is 0.359 e. The Balaban J connectivity index is 2.34. The fourth-order valence-corrected chi connectivity index (χ4v) is 2.01. The van der Waals surface area contributed by atoms with Gasteiger partial charge in [-0.1, -0.05) is 18.2 Å². The maximum Gasteiger partial charge on any atom is 0.359 e. The molecule has 0 atom stereocenters. The van der Waals surface area contributed by atoms with Crippen LogP contribution >= 0.6 is 0 Å². The van der Waals surface area contributed by atoms with E-state index < -0.39 is 0 Å². The van der Waals surface area contributed by atoms with Gasteiger partial charge in [0.15, 0.2) is 5.69 Å². The number of fused-ring (bicyclic) bond motifs is 1. The van der Waals surface area contributed by atoms with Crippen molar-refractivity contribution in [3.8, 4) is 0 Å². The molecule has 19 heavy (non-hydrogen) atoms. The number of para-hydroxylation sites is 1. The molecule has 1 aromatic heterocycles. The number of ether oxygens (including phenoxy) is 2. The highest BCUT2D eigenvalue weighted by Crippen LogP contribution is 2.19. The van der Waals surface area contributed by atoms with E-state index in [1.54, 1.807) is 14.0 Å². The van der Waals surface area contributed by atoms with E-state index in [1.165, 1.54) is 0 Å². The number of carbonyl (C=O) groups excluding carboxylic acids is 1. The number of benzene rings is 1. The zero-order valence-electron chi connectivity index (χ0n) is 11.3. The second-order valence-electron chi connectivity index (χ2n) is 4.16. The van der Waals surface area contributed by atoms with E-state index >= 15 is 0 Å². The summed E-state index contributed by atoms with van der Waals surface area (Å²) in [4.78, 5) is 11.9. The third-order valence-electron chi connectivity index (χ3n) is 2.85. The van der Waals surface area contributed by atoms with E-state index in [0.717, 1.165) is 17.3 Å². The first kappa shape index (κ1) is 13.5. The molecule has 0 fully saturated rings. The SMILES string of the molecule is CCOC(=O)c1nn(CCCOC)c2ccccc12. The zero-order chi connectivity index (χ0) is 13.7. The number of hydrogen-bond donors (Lipinski definition) is 0. The van der Waals surface area contributed by atoms with Gasteiger partial charge in [-0.2, -0.15) is 5.10 Å². The summed E-state index contributed by atoms with van der Waals surface area (Å²) in [7, 11) is 1.67. The Bertz CT molecular complexity index is 563. The summed E-state index contributed by atoms with van der Waals surface area (Å²) in [5.74, 6) is -0.371. The molecule has 2 aromatic rings. The lowest BCUT2D eigenvalue weighted by Crippen LogP contribution is -2.08. The standard InChI is InChI=1S/C14H18N2O3/c1-3-19-14(17)13-11-7-4-5-8-12(11)16(15-13)9-6-10-18-2/h4-5,7-8H,3,6,9-10H2,1-2H3. The van der Waals surface area contributed by atoms with Crippen LogP contribution in [0.2, 0.25) is 0 Å². The third kappa shape index (κ3) is 2.93. The van der Waals surface area contributed by atoms with Crippen molar-refractivity contribution in [2.75, 3.05) is 20.3 Å². The van der Waals surface area contributed by atoms with E-state index in [1.807, 2.05) is 28.9 Å². The van der Waals surface area contributed by atoms with Crippen LogP contribution in [0.25, 0.3) is 10.9 Å². The minimum absolute atomic E-state index is 0.351. The zero-order valence-corrected chi connectivity index (χ0v) is 11.3. The predicted octanol–water partition coefficient (Wildman–Crippen LogP) is 2.25. The van der Waals surface area contributed by atoms with Crippen molar-refractivity contribution in [2.24, 2.45) is 0 Å². The molecule has 0 saturated carbocycles. The van der Waals surface area contributed by atoms with E-state index in [4.69, 9.17) is 9.47 Å². The highest BCUT2D eigenvalue weighted by molar-refractivity contribution is 6.02. The Kier molecular flexibility index (Phi) is 4.52. The Morgan fingerprint density at radius 1 is 1.37 bits per heavy atom. The van der Waals surface area contributed by atoms with E-state index in [2.05, 4.69) is 5.10 Å². The lowest BCUT2D eigenvalue weighted by atomic mass is 10.2. The summed E-state index contributed by atoms with van der Waals surface area (Å²) in [5, 5.41) is 5.20. The molecule has 0 bridgehead atoms. The number of esters is 1. The van der Waals surface area contributed by atoms with Gasteiger partial charge in [-0.3, -0.25) is 4.68 Å². The van der Waals surface area contributed by atoms with Crippen molar-refractivity contribution in [3.05, 3.63) is 30.0 Å². The highest BCUT2D eigenvalue weighted by Gasteiger charge is 2.17. The summed E-state index contributed by atoms with van der Waals surface area (Å²) in [6.45, 7) is 3.52. The van der Waals surface area contributed by atoms with Crippen LogP contribution in [0, 0.1) is 0 Å². The highest BCUT2D eigenvalue weighted by atomic mass is 16.5. The average Bonchev–Trinajstić information content (AvgIpc) is 2.79. The van der Waals surface area contributed by atoms with E-state index in [-0.39, 0.29) is 5.97 Å². The van der Waals surface area contributed by atoms with Crippen LogP contribution in [0.4, 0.5) is 0 Å². The Morgan fingerprint density at radius 2 is 2.16 bits per heavy atom.